The molecular formula is C16H11BrN2O5. The summed E-state index contributed by atoms with van der Waals surface area (Å²) in [6, 6.07) is 6.17. The maximum absolute atomic E-state index is 12.2. The molecule has 1 amide bonds. The van der Waals surface area contributed by atoms with E-state index in [0.29, 0.717) is 21.5 Å². The topological polar surface area (TPSA) is 94.6 Å². The number of carbonyl (C=O) groups is 3. The van der Waals surface area contributed by atoms with Crippen molar-refractivity contribution in [3.63, 3.8) is 0 Å². The quantitative estimate of drug-likeness (QED) is 0.635. The van der Waals surface area contributed by atoms with Gasteiger partial charge in [-0.25, -0.2) is 4.79 Å². The van der Waals surface area contributed by atoms with Crippen molar-refractivity contribution in [3.05, 3.63) is 52.3 Å². The summed E-state index contributed by atoms with van der Waals surface area (Å²) in [5.41, 5.74) is 0.961. The molecule has 1 N–H and O–H groups in total. The average Bonchev–Trinajstić information content (AvgIpc) is 2.58. The van der Waals surface area contributed by atoms with Gasteiger partial charge in [0, 0.05) is 22.4 Å². The Bertz CT molecular complexity index is 837. The third kappa shape index (κ3) is 3.60. The standard InChI is InChI=1S/C16H11BrN2O5/c17-11-3-10(5-18-6-11)16(22)24-7-13(20)9-1-2-14-12(4-9)19-15(21)8-23-14/h1-6H,7-8H2,(H,19,21). The number of ether oxygens (including phenoxy) is 2. The first kappa shape index (κ1) is 16.1. The number of halogens is 1. The van der Waals surface area contributed by atoms with Gasteiger partial charge in [0.2, 0.25) is 0 Å². The van der Waals surface area contributed by atoms with Crippen LogP contribution in [0.25, 0.3) is 0 Å². The van der Waals surface area contributed by atoms with Crippen molar-refractivity contribution in [2.24, 2.45) is 0 Å². The highest BCUT2D eigenvalue weighted by atomic mass is 79.9. The van der Waals surface area contributed by atoms with Crippen molar-refractivity contribution in [1.29, 1.82) is 0 Å². The zero-order valence-electron chi connectivity index (χ0n) is 12.2. The molecule has 2 aromatic rings. The highest BCUT2D eigenvalue weighted by Gasteiger charge is 2.19. The molecule has 1 aromatic carbocycles. The van der Waals surface area contributed by atoms with Crippen LogP contribution >= 0.6 is 15.9 Å². The van der Waals surface area contributed by atoms with E-state index in [9.17, 15) is 14.4 Å². The van der Waals surface area contributed by atoms with Crippen molar-refractivity contribution in [2.45, 2.75) is 0 Å². The van der Waals surface area contributed by atoms with E-state index in [1.807, 2.05) is 0 Å². The average molecular weight is 391 g/mol. The molecule has 0 aliphatic carbocycles. The zero-order chi connectivity index (χ0) is 17.1. The lowest BCUT2D eigenvalue weighted by Gasteiger charge is -2.18. The molecular weight excluding hydrogens is 380 g/mol. The van der Waals surface area contributed by atoms with E-state index in [-0.39, 0.29) is 18.1 Å². The number of aromatic nitrogens is 1. The van der Waals surface area contributed by atoms with E-state index in [0.717, 1.165) is 0 Å². The Balaban J connectivity index is 1.66. The van der Waals surface area contributed by atoms with Gasteiger partial charge in [-0.1, -0.05) is 0 Å². The summed E-state index contributed by atoms with van der Waals surface area (Å²) in [5.74, 6) is -0.843. The molecule has 1 aliphatic heterocycles. The fraction of sp³-hybridized carbons (Fsp3) is 0.125. The second kappa shape index (κ2) is 6.79. The molecule has 0 saturated carbocycles. The normalized spacial score (nSPS) is 12.6. The third-order valence-corrected chi connectivity index (χ3v) is 3.64. The van der Waals surface area contributed by atoms with Crippen LogP contribution in [0.1, 0.15) is 20.7 Å². The zero-order valence-corrected chi connectivity index (χ0v) is 13.8. The van der Waals surface area contributed by atoms with Crippen LogP contribution < -0.4 is 10.1 Å². The molecule has 0 atom stereocenters. The van der Waals surface area contributed by atoms with E-state index in [1.165, 1.54) is 18.5 Å². The van der Waals surface area contributed by atoms with Crippen LogP contribution in [0.15, 0.2) is 41.1 Å². The Morgan fingerprint density at radius 1 is 1.25 bits per heavy atom. The van der Waals surface area contributed by atoms with Crippen molar-refractivity contribution < 1.29 is 23.9 Å². The first-order chi connectivity index (χ1) is 11.5. The number of rotatable bonds is 4. The first-order valence-electron chi connectivity index (χ1n) is 6.90. The van der Waals surface area contributed by atoms with Gasteiger partial charge in [0.05, 0.1) is 11.3 Å². The number of carbonyl (C=O) groups excluding carboxylic acids is 3. The first-order valence-corrected chi connectivity index (χ1v) is 7.70. The number of benzene rings is 1. The Kier molecular flexibility index (Phi) is 4.57. The number of nitrogens with zero attached hydrogens (tertiary/aromatic N) is 1. The van der Waals surface area contributed by atoms with Crippen LogP contribution in [0.2, 0.25) is 0 Å². The minimum atomic E-state index is -0.647. The fourth-order valence-corrected chi connectivity index (χ4v) is 2.44. The van der Waals surface area contributed by atoms with E-state index in [2.05, 4.69) is 26.2 Å². The molecule has 24 heavy (non-hydrogen) atoms. The van der Waals surface area contributed by atoms with Gasteiger partial charge in [0.25, 0.3) is 5.91 Å². The van der Waals surface area contributed by atoms with Crippen molar-refractivity contribution in [3.8, 4) is 5.75 Å². The number of ketones is 1. The van der Waals surface area contributed by atoms with Crippen molar-refractivity contribution in [1.82, 2.24) is 4.98 Å². The molecule has 0 bridgehead atoms. The molecule has 122 valence electrons. The van der Waals surface area contributed by atoms with E-state index >= 15 is 0 Å². The van der Waals surface area contributed by atoms with Gasteiger partial charge < -0.3 is 14.8 Å². The smallest absolute Gasteiger partial charge is 0.340 e. The van der Waals surface area contributed by atoms with Crippen LogP contribution in [0, 0.1) is 0 Å². The molecule has 0 radical (unpaired) electrons. The van der Waals surface area contributed by atoms with Crippen LogP contribution in [0.4, 0.5) is 5.69 Å². The Morgan fingerprint density at radius 3 is 2.88 bits per heavy atom. The lowest BCUT2D eigenvalue weighted by molar-refractivity contribution is -0.118. The molecule has 2 heterocycles. The summed E-state index contributed by atoms with van der Waals surface area (Å²) in [4.78, 5) is 39.2. The summed E-state index contributed by atoms with van der Waals surface area (Å²) in [6.07, 6.45) is 2.88. The summed E-state index contributed by atoms with van der Waals surface area (Å²) in [7, 11) is 0. The largest absolute Gasteiger partial charge is 0.482 e. The van der Waals surface area contributed by atoms with E-state index < -0.39 is 18.4 Å². The molecule has 0 fully saturated rings. The summed E-state index contributed by atoms with van der Waals surface area (Å²) in [5, 5.41) is 2.61. The second-order valence-corrected chi connectivity index (χ2v) is 5.85. The van der Waals surface area contributed by atoms with Gasteiger partial charge in [-0.05, 0) is 40.2 Å². The summed E-state index contributed by atoms with van der Waals surface area (Å²) in [6.45, 7) is -0.475. The van der Waals surface area contributed by atoms with E-state index in [1.54, 1.807) is 18.2 Å². The number of hydrogen-bond acceptors (Lipinski definition) is 6. The number of amides is 1. The monoisotopic (exact) mass is 390 g/mol. The number of Topliss-reactive ketones (excluding diaryl/α,β-unsaturated/α-hetero) is 1. The highest BCUT2D eigenvalue weighted by Crippen LogP contribution is 2.28. The lowest BCUT2D eigenvalue weighted by Crippen LogP contribution is -2.25. The predicted molar refractivity (Wildman–Crippen MR) is 87.1 cm³/mol. The molecule has 1 aliphatic rings. The van der Waals surface area contributed by atoms with Crippen molar-refractivity contribution in [2.75, 3.05) is 18.5 Å². The van der Waals surface area contributed by atoms with Gasteiger partial charge in [-0.3, -0.25) is 14.6 Å². The van der Waals surface area contributed by atoms with Crippen LogP contribution in [-0.2, 0) is 9.53 Å². The van der Waals surface area contributed by atoms with Gasteiger partial charge in [0.15, 0.2) is 19.0 Å². The molecule has 0 unspecified atom stereocenters. The molecule has 0 saturated heterocycles. The number of nitrogens with one attached hydrogen (secondary N) is 1. The second-order valence-electron chi connectivity index (χ2n) is 4.94. The summed E-state index contributed by atoms with van der Waals surface area (Å²) >= 11 is 3.20. The minimum Gasteiger partial charge on any atom is -0.482 e. The molecule has 7 nitrogen and oxygen atoms in total. The van der Waals surface area contributed by atoms with Crippen LogP contribution in [0.3, 0.4) is 0 Å². The Morgan fingerprint density at radius 2 is 2.08 bits per heavy atom. The molecule has 0 spiro atoms. The Labute approximate surface area is 145 Å². The van der Waals surface area contributed by atoms with Gasteiger partial charge in [-0.2, -0.15) is 0 Å². The van der Waals surface area contributed by atoms with Crippen molar-refractivity contribution >= 4 is 39.3 Å². The summed E-state index contributed by atoms with van der Waals surface area (Å²) < 4.78 is 10.8. The number of pyridine rings is 1. The van der Waals surface area contributed by atoms with Gasteiger partial charge in [0.1, 0.15) is 5.75 Å². The minimum absolute atomic E-state index is 0.0570. The highest BCUT2D eigenvalue weighted by molar-refractivity contribution is 9.10. The van der Waals surface area contributed by atoms with Crippen LogP contribution in [-0.4, -0.2) is 35.9 Å². The number of fused-ring (bicyclic) bond motifs is 1. The number of hydrogen-bond donors (Lipinski definition) is 1. The Hall–Kier alpha value is -2.74. The maximum atomic E-state index is 12.2. The van der Waals surface area contributed by atoms with Gasteiger partial charge >= 0.3 is 5.97 Å². The molecule has 3 rings (SSSR count). The third-order valence-electron chi connectivity index (χ3n) is 3.21. The SMILES string of the molecule is O=C1COc2ccc(C(=O)COC(=O)c3cncc(Br)c3)cc2N1. The maximum Gasteiger partial charge on any atom is 0.340 e. The van der Waals surface area contributed by atoms with Gasteiger partial charge in [-0.15, -0.1) is 0 Å². The number of anilines is 1. The van der Waals surface area contributed by atoms with E-state index in [4.69, 9.17) is 9.47 Å². The predicted octanol–water partition coefficient (Wildman–Crippen LogP) is 2.21. The molecule has 8 heteroatoms. The fourth-order valence-electron chi connectivity index (χ4n) is 2.08. The van der Waals surface area contributed by atoms with Crippen LogP contribution in [0.5, 0.6) is 5.75 Å². The number of esters is 1. The lowest BCUT2D eigenvalue weighted by atomic mass is 10.1. The molecule has 1 aromatic heterocycles.